The van der Waals surface area contributed by atoms with Gasteiger partial charge in [-0.15, -0.1) is 0 Å². The van der Waals surface area contributed by atoms with Gasteiger partial charge in [-0.1, -0.05) is 6.92 Å². The van der Waals surface area contributed by atoms with Crippen LogP contribution in [0.5, 0.6) is 0 Å². The monoisotopic (exact) mass is 383 g/mol. The minimum Gasteiger partial charge on any atom is -0.391 e. The van der Waals surface area contributed by atoms with Gasteiger partial charge in [0.15, 0.2) is 0 Å². The molecule has 1 aromatic rings. The zero-order chi connectivity index (χ0) is 18.9. The van der Waals surface area contributed by atoms with Crippen molar-refractivity contribution >= 4 is 21.4 Å². The van der Waals surface area contributed by atoms with Gasteiger partial charge in [0.1, 0.15) is 5.69 Å². The molecule has 2 heterocycles. The maximum Gasteiger partial charge on any atom is 0.293 e. The van der Waals surface area contributed by atoms with Crippen LogP contribution in [0.25, 0.3) is 0 Å². The number of piperidine rings is 2. The van der Waals surface area contributed by atoms with Crippen molar-refractivity contribution in [3.8, 4) is 0 Å². The fraction of sp³-hybridized carbons (Fsp3) is 0.647. The van der Waals surface area contributed by atoms with Crippen LogP contribution in [0.15, 0.2) is 23.1 Å². The first-order valence-electron chi connectivity index (χ1n) is 9.00. The lowest BCUT2D eigenvalue weighted by Crippen LogP contribution is -2.39. The number of anilines is 1. The number of hydrogen-bond donors (Lipinski definition) is 1. The maximum absolute atomic E-state index is 12.9. The molecule has 144 valence electrons. The first-order chi connectivity index (χ1) is 12.3. The van der Waals surface area contributed by atoms with Gasteiger partial charge in [0, 0.05) is 32.2 Å². The lowest BCUT2D eigenvalue weighted by Gasteiger charge is -2.32. The first-order valence-corrected chi connectivity index (χ1v) is 10.4. The van der Waals surface area contributed by atoms with E-state index in [2.05, 4.69) is 6.92 Å². The third kappa shape index (κ3) is 3.84. The summed E-state index contributed by atoms with van der Waals surface area (Å²) in [5.74, 6) is 0.490. The second-order valence-electron chi connectivity index (χ2n) is 7.24. The second kappa shape index (κ2) is 7.50. The summed E-state index contributed by atoms with van der Waals surface area (Å²) in [6.07, 6.45) is 2.48. The van der Waals surface area contributed by atoms with E-state index >= 15 is 0 Å². The predicted octanol–water partition coefficient (Wildman–Crippen LogP) is 1.98. The van der Waals surface area contributed by atoms with Gasteiger partial charge in [0.2, 0.25) is 10.0 Å². The Kier molecular flexibility index (Phi) is 5.50. The number of benzene rings is 1. The molecule has 0 aliphatic carbocycles. The molecule has 2 aliphatic rings. The number of sulfonamides is 1. The summed E-state index contributed by atoms with van der Waals surface area (Å²) in [4.78, 5) is 12.7. The molecule has 3 rings (SSSR count). The van der Waals surface area contributed by atoms with E-state index in [1.165, 1.54) is 16.4 Å². The van der Waals surface area contributed by atoms with E-state index in [1.54, 1.807) is 4.90 Å². The van der Waals surface area contributed by atoms with Crippen LogP contribution in [0.1, 0.15) is 32.6 Å². The molecule has 2 fully saturated rings. The fourth-order valence-electron chi connectivity index (χ4n) is 3.63. The van der Waals surface area contributed by atoms with Gasteiger partial charge >= 0.3 is 0 Å². The molecule has 0 unspecified atom stereocenters. The molecule has 0 radical (unpaired) electrons. The topological polar surface area (TPSA) is 104 Å². The Morgan fingerprint density at radius 1 is 1.19 bits per heavy atom. The highest BCUT2D eigenvalue weighted by molar-refractivity contribution is 7.89. The molecule has 1 atom stereocenters. The first kappa shape index (κ1) is 19.1. The number of β-amino-alcohol motifs (C(OH)–C–C–N with tert-alkyl or cyclic N) is 1. The lowest BCUT2D eigenvalue weighted by atomic mass is 10.0. The van der Waals surface area contributed by atoms with Gasteiger partial charge in [-0.3, -0.25) is 10.1 Å². The van der Waals surface area contributed by atoms with Crippen molar-refractivity contribution in [1.82, 2.24) is 4.31 Å². The molecule has 2 aliphatic heterocycles. The van der Waals surface area contributed by atoms with E-state index in [0.717, 1.165) is 25.3 Å². The summed E-state index contributed by atoms with van der Waals surface area (Å²) < 4.78 is 27.1. The van der Waals surface area contributed by atoms with Crippen LogP contribution >= 0.6 is 0 Å². The highest BCUT2D eigenvalue weighted by Gasteiger charge is 2.31. The summed E-state index contributed by atoms with van der Waals surface area (Å²) in [6, 6.07) is 4.09. The molecule has 1 aromatic carbocycles. The van der Waals surface area contributed by atoms with Gasteiger partial charge in [-0.05, 0) is 43.7 Å². The average Bonchev–Trinajstić information content (AvgIpc) is 2.61. The number of nitrogens with zero attached hydrogens (tertiary/aromatic N) is 3. The Labute approximate surface area is 153 Å². The van der Waals surface area contributed by atoms with Crippen LogP contribution in [-0.4, -0.2) is 55.0 Å². The van der Waals surface area contributed by atoms with Gasteiger partial charge in [0.05, 0.1) is 15.9 Å². The molecule has 0 bridgehead atoms. The summed E-state index contributed by atoms with van der Waals surface area (Å²) in [6.45, 7) is 3.90. The summed E-state index contributed by atoms with van der Waals surface area (Å²) >= 11 is 0. The normalized spacial score (nSPS) is 23.2. The van der Waals surface area contributed by atoms with Crippen molar-refractivity contribution in [2.24, 2.45) is 5.92 Å². The molecule has 0 aromatic heterocycles. The molecule has 0 saturated carbocycles. The predicted molar refractivity (Wildman–Crippen MR) is 97.7 cm³/mol. The summed E-state index contributed by atoms with van der Waals surface area (Å²) in [5.41, 5.74) is 0.130. The van der Waals surface area contributed by atoms with Crippen LogP contribution in [0.3, 0.4) is 0 Å². The Morgan fingerprint density at radius 2 is 1.88 bits per heavy atom. The van der Waals surface area contributed by atoms with Crippen molar-refractivity contribution in [2.45, 2.75) is 43.6 Å². The van der Waals surface area contributed by atoms with Crippen molar-refractivity contribution in [3.63, 3.8) is 0 Å². The van der Waals surface area contributed by atoms with E-state index in [4.69, 9.17) is 0 Å². The number of rotatable bonds is 4. The molecule has 0 spiro atoms. The van der Waals surface area contributed by atoms with E-state index < -0.39 is 21.1 Å². The van der Waals surface area contributed by atoms with Crippen molar-refractivity contribution < 1.29 is 18.4 Å². The van der Waals surface area contributed by atoms with E-state index in [1.807, 2.05) is 0 Å². The third-order valence-corrected chi connectivity index (χ3v) is 7.16. The van der Waals surface area contributed by atoms with Crippen LogP contribution < -0.4 is 4.90 Å². The Hall–Kier alpha value is -1.71. The molecular weight excluding hydrogens is 358 g/mol. The molecule has 26 heavy (non-hydrogen) atoms. The Bertz CT molecular complexity index is 775. The van der Waals surface area contributed by atoms with E-state index in [9.17, 15) is 23.6 Å². The van der Waals surface area contributed by atoms with Crippen LogP contribution in [-0.2, 0) is 10.0 Å². The fourth-order valence-corrected chi connectivity index (χ4v) is 5.12. The third-order valence-electron chi connectivity index (χ3n) is 5.26. The van der Waals surface area contributed by atoms with Crippen LogP contribution in [0.4, 0.5) is 11.4 Å². The molecule has 1 N–H and O–H groups in total. The number of hydrogen-bond acceptors (Lipinski definition) is 6. The maximum atomic E-state index is 12.9. The second-order valence-corrected chi connectivity index (χ2v) is 9.17. The minimum absolute atomic E-state index is 0.0416. The van der Waals surface area contributed by atoms with Crippen molar-refractivity contribution in [1.29, 1.82) is 0 Å². The number of nitro groups is 1. The van der Waals surface area contributed by atoms with E-state index in [0.29, 0.717) is 44.2 Å². The zero-order valence-corrected chi connectivity index (χ0v) is 15.7. The van der Waals surface area contributed by atoms with Gasteiger partial charge in [0.25, 0.3) is 5.69 Å². The van der Waals surface area contributed by atoms with Crippen LogP contribution in [0, 0.1) is 16.0 Å². The smallest absolute Gasteiger partial charge is 0.293 e. The van der Waals surface area contributed by atoms with Gasteiger partial charge in [-0.25, -0.2) is 8.42 Å². The number of nitro benzene ring substituents is 1. The summed E-state index contributed by atoms with van der Waals surface area (Å²) in [5, 5.41) is 21.4. The quantitative estimate of drug-likeness (QED) is 0.630. The number of aliphatic hydroxyl groups excluding tert-OH is 1. The average molecular weight is 383 g/mol. The lowest BCUT2D eigenvalue weighted by molar-refractivity contribution is -0.384. The van der Waals surface area contributed by atoms with Gasteiger partial charge < -0.3 is 10.0 Å². The minimum atomic E-state index is -3.74. The Balaban J connectivity index is 1.92. The van der Waals surface area contributed by atoms with Crippen molar-refractivity contribution in [3.05, 3.63) is 28.3 Å². The molecule has 8 nitrogen and oxygen atoms in total. The molecule has 9 heteroatoms. The van der Waals surface area contributed by atoms with E-state index in [-0.39, 0.29) is 10.6 Å². The SMILES string of the molecule is CC1CCN(S(=O)(=O)c2ccc(N3CCC[C@@H](O)C3)c([N+](=O)[O-])c2)CC1. The molecule has 0 amide bonds. The van der Waals surface area contributed by atoms with Crippen LogP contribution in [0.2, 0.25) is 0 Å². The number of aliphatic hydroxyl groups is 1. The standard InChI is InChI=1S/C17H25N3O5S/c1-13-6-9-19(10-7-13)26(24,25)15-4-5-16(17(11-15)20(22)23)18-8-2-3-14(21)12-18/h4-5,11,13-14,21H,2-3,6-10,12H2,1H3/t14-/m1/s1. The van der Waals surface area contributed by atoms with Gasteiger partial charge in [-0.2, -0.15) is 4.31 Å². The van der Waals surface area contributed by atoms with Crippen molar-refractivity contribution in [2.75, 3.05) is 31.1 Å². The zero-order valence-electron chi connectivity index (χ0n) is 14.9. The molecule has 2 saturated heterocycles. The highest BCUT2D eigenvalue weighted by Crippen LogP contribution is 2.34. The summed E-state index contributed by atoms with van der Waals surface area (Å²) in [7, 11) is -3.74. The highest BCUT2D eigenvalue weighted by atomic mass is 32.2. The molecular formula is C17H25N3O5S. The Morgan fingerprint density at radius 3 is 2.50 bits per heavy atom. The largest absolute Gasteiger partial charge is 0.391 e.